The number of phenolic OH excluding ortho intramolecular Hbond substituents is 1. The fourth-order valence-corrected chi connectivity index (χ4v) is 3.54. The molecule has 10 heteroatoms. The van der Waals surface area contributed by atoms with E-state index in [0.717, 1.165) is 0 Å². The molecule has 0 unspecified atom stereocenters. The maximum Gasteiger partial charge on any atom is 0.229 e. The van der Waals surface area contributed by atoms with E-state index in [9.17, 15) is 30.3 Å². The van der Waals surface area contributed by atoms with Crippen molar-refractivity contribution >= 4 is 11.0 Å². The third-order valence-corrected chi connectivity index (χ3v) is 5.33. The molecule has 5 N–H and O–H groups in total. The number of methoxy groups -OCH3 is 1. The zero-order chi connectivity index (χ0) is 23.0. The van der Waals surface area contributed by atoms with Crippen LogP contribution in [0.5, 0.6) is 17.2 Å². The van der Waals surface area contributed by atoms with Gasteiger partial charge in [-0.1, -0.05) is 12.1 Å². The summed E-state index contributed by atoms with van der Waals surface area (Å²) in [4.78, 5) is 12.9. The van der Waals surface area contributed by atoms with Crippen LogP contribution in [0, 0.1) is 0 Å². The monoisotopic (exact) mass is 446 g/mol. The van der Waals surface area contributed by atoms with Crippen molar-refractivity contribution in [3.63, 3.8) is 0 Å². The van der Waals surface area contributed by atoms with Crippen LogP contribution in [0.3, 0.4) is 0 Å². The summed E-state index contributed by atoms with van der Waals surface area (Å²) in [6, 6.07) is 8.97. The van der Waals surface area contributed by atoms with E-state index >= 15 is 0 Å². The number of benzene rings is 2. The number of aliphatic hydroxyl groups is 4. The van der Waals surface area contributed by atoms with Crippen molar-refractivity contribution in [3.8, 4) is 28.4 Å². The van der Waals surface area contributed by atoms with Gasteiger partial charge in [0.25, 0.3) is 0 Å². The second-order valence-corrected chi connectivity index (χ2v) is 7.34. The van der Waals surface area contributed by atoms with Crippen molar-refractivity contribution in [2.45, 2.75) is 30.7 Å². The number of aliphatic hydroxyl groups excluding tert-OH is 4. The molecule has 3 aromatic rings. The van der Waals surface area contributed by atoms with Gasteiger partial charge in [-0.25, -0.2) is 0 Å². The molecule has 0 aliphatic carbocycles. The Labute approximate surface area is 181 Å². The largest absolute Gasteiger partial charge is 0.507 e. The maximum atomic E-state index is 12.9. The van der Waals surface area contributed by atoms with Crippen molar-refractivity contribution < 1.29 is 44.2 Å². The molecule has 1 saturated heterocycles. The lowest BCUT2D eigenvalue weighted by molar-refractivity contribution is -0.277. The van der Waals surface area contributed by atoms with Crippen LogP contribution in [0.2, 0.25) is 0 Å². The molecule has 1 aliphatic rings. The van der Waals surface area contributed by atoms with Crippen molar-refractivity contribution in [1.29, 1.82) is 0 Å². The Bertz CT molecular complexity index is 1150. The Balaban J connectivity index is 1.59. The molecule has 0 amide bonds. The Kier molecular flexibility index (Phi) is 6.04. The topological polar surface area (TPSA) is 159 Å². The van der Waals surface area contributed by atoms with Crippen LogP contribution in [-0.2, 0) is 4.74 Å². The number of fused-ring (bicyclic) bond motifs is 1. The number of hydrogen-bond donors (Lipinski definition) is 5. The molecule has 1 aromatic heterocycles. The second-order valence-electron chi connectivity index (χ2n) is 7.34. The number of aromatic hydroxyl groups is 1. The predicted molar refractivity (Wildman–Crippen MR) is 111 cm³/mol. The van der Waals surface area contributed by atoms with E-state index in [4.69, 9.17) is 18.6 Å². The molecule has 10 nitrogen and oxygen atoms in total. The normalized spacial score (nSPS) is 25.6. The first kappa shape index (κ1) is 22.1. The third-order valence-electron chi connectivity index (χ3n) is 5.33. The fraction of sp³-hybridized carbons (Fsp3) is 0.318. The van der Waals surface area contributed by atoms with Crippen LogP contribution in [0.4, 0.5) is 0 Å². The van der Waals surface area contributed by atoms with E-state index in [0.29, 0.717) is 11.3 Å². The molecule has 0 spiro atoms. The molecule has 0 bridgehead atoms. The van der Waals surface area contributed by atoms with E-state index in [2.05, 4.69) is 0 Å². The molecule has 2 aromatic carbocycles. The van der Waals surface area contributed by atoms with Crippen LogP contribution >= 0.6 is 0 Å². The van der Waals surface area contributed by atoms with Gasteiger partial charge in [0.1, 0.15) is 58.9 Å². The molecular formula is C22H22O10. The molecule has 1 fully saturated rings. The summed E-state index contributed by atoms with van der Waals surface area (Å²) in [5, 5.41) is 49.3. The standard InChI is InChI=1S/C22H22O10/c1-29-12-6-14(24)17-15(7-12)30-9-13(18(17)25)10-2-4-11(5-3-10)31-22-21(28)20(27)19(26)16(8-23)32-22/h2-7,9,16,19-24,26-28H,8H2,1H3/t16-,19-,20-,21+,22-/m1/s1. The summed E-state index contributed by atoms with van der Waals surface area (Å²) in [7, 11) is 1.43. The van der Waals surface area contributed by atoms with Gasteiger partial charge in [-0.15, -0.1) is 0 Å². The summed E-state index contributed by atoms with van der Waals surface area (Å²) in [6.45, 7) is -0.569. The highest BCUT2D eigenvalue weighted by molar-refractivity contribution is 5.88. The molecule has 0 saturated carbocycles. The summed E-state index contributed by atoms with van der Waals surface area (Å²) >= 11 is 0. The Hall–Kier alpha value is -3.15. The molecule has 5 atom stereocenters. The van der Waals surface area contributed by atoms with Gasteiger partial charge in [-0.05, 0) is 17.7 Å². The Morgan fingerprint density at radius 2 is 1.72 bits per heavy atom. The number of ether oxygens (including phenoxy) is 3. The summed E-state index contributed by atoms with van der Waals surface area (Å²) in [5.41, 5.74) is 0.432. The van der Waals surface area contributed by atoms with Crippen molar-refractivity contribution in [2.24, 2.45) is 0 Å². The van der Waals surface area contributed by atoms with Crippen LogP contribution in [-0.4, -0.2) is 70.0 Å². The second kappa shape index (κ2) is 8.77. The van der Waals surface area contributed by atoms with E-state index < -0.39 is 42.7 Å². The van der Waals surface area contributed by atoms with Gasteiger partial charge in [0, 0.05) is 12.1 Å². The lowest BCUT2D eigenvalue weighted by Gasteiger charge is -2.39. The first-order valence-electron chi connectivity index (χ1n) is 9.74. The third kappa shape index (κ3) is 3.90. The van der Waals surface area contributed by atoms with Gasteiger partial charge >= 0.3 is 0 Å². The van der Waals surface area contributed by atoms with Crippen LogP contribution < -0.4 is 14.9 Å². The van der Waals surface area contributed by atoms with Crippen molar-refractivity contribution in [3.05, 3.63) is 52.9 Å². The zero-order valence-electron chi connectivity index (χ0n) is 16.9. The van der Waals surface area contributed by atoms with Crippen LogP contribution in [0.15, 0.2) is 51.9 Å². The lowest BCUT2D eigenvalue weighted by atomic mass is 9.99. The summed E-state index contributed by atoms with van der Waals surface area (Å²) in [6.07, 6.45) is -5.73. The van der Waals surface area contributed by atoms with E-state index in [1.54, 1.807) is 12.1 Å². The van der Waals surface area contributed by atoms with Crippen molar-refractivity contribution in [1.82, 2.24) is 0 Å². The first-order chi connectivity index (χ1) is 15.3. The molecule has 170 valence electrons. The van der Waals surface area contributed by atoms with Gasteiger partial charge in [0.15, 0.2) is 0 Å². The number of phenols is 1. The Morgan fingerprint density at radius 1 is 1.00 bits per heavy atom. The Morgan fingerprint density at radius 3 is 2.38 bits per heavy atom. The minimum atomic E-state index is -1.56. The SMILES string of the molecule is COc1cc(O)c2c(=O)c(-c3ccc(O[C@@H]4O[C@H](CO)[C@@H](O)[C@@H](O)[C@@H]4O)cc3)coc2c1. The number of rotatable bonds is 5. The zero-order valence-corrected chi connectivity index (χ0v) is 16.9. The predicted octanol–water partition coefficient (Wildman–Crippen LogP) is 0.353. The van der Waals surface area contributed by atoms with Crippen LogP contribution in [0.1, 0.15) is 0 Å². The van der Waals surface area contributed by atoms with E-state index in [-0.39, 0.29) is 28.0 Å². The molecule has 4 rings (SSSR count). The maximum absolute atomic E-state index is 12.9. The minimum Gasteiger partial charge on any atom is -0.507 e. The minimum absolute atomic E-state index is 0.0185. The molecule has 32 heavy (non-hydrogen) atoms. The molecule has 0 radical (unpaired) electrons. The highest BCUT2D eigenvalue weighted by Crippen LogP contribution is 2.31. The van der Waals surface area contributed by atoms with Gasteiger partial charge in [0.2, 0.25) is 11.7 Å². The summed E-state index contributed by atoms with van der Waals surface area (Å²) in [5.74, 6) is 0.328. The average molecular weight is 446 g/mol. The van der Waals surface area contributed by atoms with Gasteiger partial charge < -0.3 is 44.2 Å². The smallest absolute Gasteiger partial charge is 0.229 e. The highest BCUT2D eigenvalue weighted by Gasteiger charge is 2.44. The van der Waals surface area contributed by atoms with Gasteiger partial charge in [-0.2, -0.15) is 0 Å². The molecular weight excluding hydrogens is 424 g/mol. The van der Waals surface area contributed by atoms with Gasteiger partial charge in [0.05, 0.1) is 19.3 Å². The molecule has 2 heterocycles. The average Bonchev–Trinajstić information content (AvgIpc) is 2.80. The van der Waals surface area contributed by atoms with Gasteiger partial charge in [-0.3, -0.25) is 4.79 Å². The van der Waals surface area contributed by atoms with Crippen LogP contribution in [0.25, 0.3) is 22.1 Å². The molecule has 1 aliphatic heterocycles. The van der Waals surface area contributed by atoms with Crippen molar-refractivity contribution in [2.75, 3.05) is 13.7 Å². The first-order valence-corrected chi connectivity index (χ1v) is 9.74. The lowest BCUT2D eigenvalue weighted by Crippen LogP contribution is -2.60. The number of hydrogen-bond acceptors (Lipinski definition) is 10. The highest BCUT2D eigenvalue weighted by atomic mass is 16.7. The summed E-state index contributed by atoms with van der Waals surface area (Å²) < 4.78 is 21.4. The van der Waals surface area contributed by atoms with E-state index in [1.165, 1.54) is 37.6 Å². The van der Waals surface area contributed by atoms with E-state index in [1.807, 2.05) is 0 Å². The quantitative estimate of drug-likeness (QED) is 0.370. The fourth-order valence-electron chi connectivity index (χ4n) is 3.54.